The van der Waals surface area contributed by atoms with Crippen molar-refractivity contribution in [3.63, 3.8) is 0 Å². The first-order valence-corrected chi connectivity index (χ1v) is 10.3. The molecule has 144 valence electrons. The number of hydrogen-bond acceptors (Lipinski definition) is 4. The summed E-state index contributed by atoms with van der Waals surface area (Å²) in [5.41, 5.74) is 0. The molecule has 1 aliphatic rings. The van der Waals surface area contributed by atoms with Gasteiger partial charge >= 0.3 is 0 Å². The van der Waals surface area contributed by atoms with E-state index < -0.39 is 0 Å². The van der Waals surface area contributed by atoms with Crippen molar-refractivity contribution in [1.29, 1.82) is 0 Å². The van der Waals surface area contributed by atoms with E-state index in [1.165, 1.54) is 4.90 Å². The Hall–Kier alpha value is -1.40. The summed E-state index contributed by atoms with van der Waals surface area (Å²) in [6.07, 6.45) is 1.77. The summed E-state index contributed by atoms with van der Waals surface area (Å²) in [7, 11) is 0. The summed E-state index contributed by atoms with van der Waals surface area (Å²) < 4.78 is 11.0. The summed E-state index contributed by atoms with van der Waals surface area (Å²) in [6.45, 7) is 1.87. The van der Waals surface area contributed by atoms with Crippen LogP contribution in [0.4, 0.5) is 0 Å². The van der Waals surface area contributed by atoms with Crippen LogP contribution in [0.5, 0.6) is 5.75 Å². The minimum atomic E-state index is -0.180. The molecule has 0 aliphatic carbocycles. The van der Waals surface area contributed by atoms with Crippen LogP contribution in [0.25, 0.3) is 0 Å². The predicted octanol–water partition coefficient (Wildman–Crippen LogP) is 4.83. The van der Waals surface area contributed by atoms with Crippen LogP contribution in [0.2, 0.25) is 10.0 Å². The molecule has 1 amide bonds. The van der Waals surface area contributed by atoms with Crippen LogP contribution < -0.4 is 10.1 Å². The molecule has 0 radical (unpaired) electrons. The lowest BCUT2D eigenvalue weighted by atomic mass is 9.99. The topological polar surface area (TPSA) is 47.6 Å². The molecule has 4 nitrogen and oxygen atoms in total. The van der Waals surface area contributed by atoms with E-state index in [4.69, 9.17) is 32.7 Å². The van der Waals surface area contributed by atoms with E-state index >= 15 is 0 Å². The van der Waals surface area contributed by atoms with E-state index in [9.17, 15) is 4.79 Å². The van der Waals surface area contributed by atoms with Crippen LogP contribution in [0.15, 0.2) is 53.4 Å². The maximum Gasteiger partial charge on any atom is 0.257 e. The molecule has 0 aromatic heterocycles. The fourth-order valence-electron chi connectivity index (χ4n) is 2.84. The molecule has 1 fully saturated rings. The Kier molecular flexibility index (Phi) is 7.30. The van der Waals surface area contributed by atoms with Gasteiger partial charge in [0.1, 0.15) is 5.75 Å². The normalized spacial score (nSPS) is 15.9. The summed E-state index contributed by atoms with van der Waals surface area (Å²) in [5.74, 6) is 0.260. The van der Waals surface area contributed by atoms with Crippen LogP contribution in [0.3, 0.4) is 0 Å². The van der Waals surface area contributed by atoms with Gasteiger partial charge in [-0.3, -0.25) is 4.79 Å². The first-order chi connectivity index (χ1) is 13.1. The third-order valence-electron chi connectivity index (χ3n) is 4.34. The highest BCUT2D eigenvalue weighted by Gasteiger charge is 2.34. The lowest BCUT2D eigenvalue weighted by Crippen LogP contribution is -2.45. The molecule has 2 aromatic rings. The fraction of sp³-hybridized carbons (Fsp3) is 0.350. The highest BCUT2D eigenvalue weighted by atomic mass is 35.5. The minimum Gasteiger partial charge on any atom is -0.482 e. The third-order valence-corrected chi connectivity index (χ3v) is 6.37. The molecule has 0 unspecified atom stereocenters. The smallest absolute Gasteiger partial charge is 0.257 e. The number of nitrogens with one attached hydrogen (secondary N) is 1. The standard InChI is InChI=1S/C20H21Cl2NO3S/c21-15-6-7-18(17(22)12-15)26-13-19(24)23-14-20(8-10-25-11-9-20)27-16-4-2-1-3-5-16/h1-7,12H,8-11,13-14H2,(H,23,24). The second-order valence-corrected chi connectivity index (χ2v) is 8.74. The van der Waals surface area contributed by atoms with Crippen molar-refractivity contribution >= 4 is 40.9 Å². The molecule has 0 spiro atoms. The van der Waals surface area contributed by atoms with Gasteiger partial charge in [-0.25, -0.2) is 0 Å². The maximum atomic E-state index is 12.3. The molecule has 1 N–H and O–H groups in total. The van der Waals surface area contributed by atoms with Gasteiger partial charge in [0.15, 0.2) is 6.61 Å². The zero-order valence-corrected chi connectivity index (χ0v) is 17.1. The molecular weight excluding hydrogens is 405 g/mol. The predicted molar refractivity (Wildman–Crippen MR) is 110 cm³/mol. The van der Waals surface area contributed by atoms with Crippen LogP contribution in [-0.2, 0) is 9.53 Å². The highest BCUT2D eigenvalue weighted by molar-refractivity contribution is 8.00. The summed E-state index contributed by atoms with van der Waals surface area (Å²) in [4.78, 5) is 13.5. The summed E-state index contributed by atoms with van der Waals surface area (Å²) >= 11 is 13.7. The van der Waals surface area contributed by atoms with E-state index in [0.717, 1.165) is 12.8 Å². The Labute approximate surface area is 173 Å². The Bertz CT molecular complexity index is 767. The largest absolute Gasteiger partial charge is 0.482 e. The maximum absolute atomic E-state index is 12.3. The number of amides is 1. The van der Waals surface area contributed by atoms with Gasteiger partial charge in [0.2, 0.25) is 0 Å². The van der Waals surface area contributed by atoms with E-state index in [1.54, 1.807) is 30.0 Å². The van der Waals surface area contributed by atoms with Gasteiger partial charge in [0, 0.05) is 34.4 Å². The van der Waals surface area contributed by atoms with Crippen molar-refractivity contribution < 1.29 is 14.3 Å². The summed E-state index contributed by atoms with van der Waals surface area (Å²) in [5, 5.41) is 3.91. The van der Waals surface area contributed by atoms with Crippen molar-refractivity contribution in [2.24, 2.45) is 0 Å². The molecule has 0 saturated carbocycles. The first-order valence-electron chi connectivity index (χ1n) is 8.73. The Morgan fingerprint density at radius 2 is 1.89 bits per heavy atom. The van der Waals surface area contributed by atoms with E-state index in [0.29, 0.717) is 35.6 Å². The molecule has 0 bridgehead atoms. The van der Waals surface area contributed by atoms with Crippen molar-refractivity contribution in [2.75, 3.05) is 26.4 Å². The van der Waals surface area contributed by atoms with E-state index in [1.807, 2.05) is 18.2 Å². The molecule has 1 heterocycles. The van der Waals surface area contributed by atoms with Gasteiger partial charge in [-0.1, -0.05) is 41.4 Å². The number of hydrogen-bond donors (Lipinski definition) is 1. The number of benzene rings is 2. The van der Waals surface area contributed by atoms with Crippen LogP contribution in [0, 0.1) is 0 Å². The van der Waals surface area contributed by atoms with Crippen LogP contribution >= 0.6 is 35.0 Å². The quantitative estimate of drug-likeness (QED) is 0.689. The number of rotatable bonds is 7. The average Bonchev–Trinajstić information content (AvgIpc) is 2.67. The Morgan fingerprint density at radius 1 is 1.15 bits per heavy atom. The Balaban J connectivity index is 1.55. The third kappa shape index (κ3) is 6.04. The minimum absolute atomic E-state index is 0.0762. The average molecular weight is 426 g/mol. The highest BCUT2D eigenvalue weighted by Crippen LogP contribution is 2.40. The monoisotopic (exact) mass is 425 g/mol. The number of thioether (sulfide) groups is 1. The van der Waals surface area contributed by atoms with Crippen molar-refractivity contribution in [2.45, 2.75) is 22.5 Å². The SMILES string of the molecule is O=C(COc1ccc(Cl)cc1Cl)NCC1(Sc2ccccc2)CCOCC1. The lowest BCUT2D eigenvalue weighted by molar-refractivity contribution is -0.123. The van der Waals surface area contributed by atoms with E-state index in [-0.39, 0.29) is 17.3 Å². The lowest BCUT2D eigenvalue weighted by Gasteiger charge is -2.36. The molecule has 0 atom stereocenters. The van der Waals surface area contributed by atoms with Gasteiger partial charge in [0.05, 0.1) is 5.02 Å². The molecule has 3 rings (SSSR count). The first kappa shape index (κ1) is 20.3. The second-order valence-electron chi connectivity index (χ2n) is 6.35. The van der Waals surface area contributed by atoms with Crippen molar-refractivity contribution in [3.05, 3.63) is 58.6 Å². The number of carbonyl (C=O) groups excluding carboxylic acids is 1. The van der Waals surface area contributed by atoms with Crippen LogP contribution in [-0.4, -0.2) is 37.0 Å². The van der Waals surface area contributed by atoms with Gasteiger partial charge < -0.3 is 14.8 Å². The molecule has 7 heteroatoms. The summed E-state index contributed by atoms with van der Waals surface area (Å²) in [6, 6.07) is 15.2. The Morgan fingerprint density at radius 3 is 2.59 bits per heavy atom. The fourth-order valence-corrected chi connectivity index (χ4v) is 4.61. The van der Waals surface area contributed by atoms with Gasteiger partial charge in [0.25, 0.3) is 5.91 Å². The second kappa shape index (κ2) is 9.69. The zero-order valence-electron chi connectivity index (χ0n) is 14.8. The number of halogens is 2. The van der Waals surface area contributed by atoms with E-state index in [2.05, 4.69) is 17.4 Å². The molecular formula is C20H21Cl2NO3S. The molecule has 27 heavy (non-hydrogen) atoms. The van der Waals surface area contributed by atoms with Crippen molar-refractivity contribution in [3.8, 4) is 5.75 Å². The molecule has 1 saturated heterocycles. The van der Waals surface area contributed by atoms with Gasteiger partial charge in [-0.05, 0) is 43.2 Å². The number of ether oxygens (including phenoxy) is 2. The van der Waals surface area contributed by atoms with Crippen molar-refractivity contribution in [1.82, 2.24) is 5.32 Å². The molecule has 2 aromatic carbocycles. The van der Waals surface area contributed by atoms with Crippen LogP contribution in [0.1, 0.15) is 12.8 Å². The molecule has 1 aliphatic heterocycles. The van der Waals surface area contributed by atoms with Gasteiger partial charge in [-0.2, -0.15) is 0 Å². The zero-order chi connectivity index (χ0) is 19.1. The number of carbonyl (C=O) groups is 1. The van der Waals surface area contributed by atoms with Gasteiger partial charge in [-0.15, -0.1) is 11.8 Å².